The van der Waals surface area contributed by atoms with Gasteiger partial charge < -0.3 is 5.32 Å². The molecule has 1 aromatic carbocycles. The normalized spacial score (nSPS) is 14.1. The summed E-state index contributed by atoms with van der Waals surface area (Å²) < 4.78 is 0. The highest BCUT2D eigenvalue weighted by Crippen LogP contribution is 2.14. The van der Waals surface area contributed by atoms with Crippen LogP contribution in [-0.4, -0.2) is 46.6 Å². The summed E-state index contributed by atoms with van der Waals surface area (Å²) in [7, 11) is 0. The first kappa shape index (κ1) is 17.1. The van der Waals surface area contributed by atoms with Gasteiger partial charge in [0.05, 0.1) is 12.5 Å². The van der Waals surface area contributed by atoms with E-state index in [1.807, 2.05) is 6.07 Å². The van der Waals surface area contributed by atoms with Crippen LogP contribution < -0.4 is 5.32 Å². The van der Waals surface area contributed by atoms with Crippen molar-refractivity contribution in [1.82, 2.24) is 9.80 Å². The number of amides is 5. The first-order valence-electron chi connectivity index (χ1n) is 7.41. The van der Waals surface area contributed by atoms with E-state index < -0.39 is 30.3 Å². The third-order valence-electron chi connectivity index (χ3n) is 3.40. The zero-order valence-electron chi connectivity index (χ0n) is 13.1. The van der Waals surface area contributed by atoms with Crippen LogP contribution in [0.1, 0.15) is 18.9 Å². The highest BCUT2D eigenvalue weighted by Gasteiger charge is 2.44. The molecule has 0 atom stereocenters. The summed E-state index contributed by atoms with van der Waals surface area (Å²) >= 11 is 0. The van der Waals surface area contributed by atoms with Gasteiger partial charge in [0.25, 0.3) is 0 Å². The van der Waals surface area contributed by atoms with Crippen LogP contribution >= 0.6 is 0 Å². The average Bonchev–Trinajstić information content (AvgIpc) is 2.75. The SMILES string of the molecule is CCCN1C(=O)C(=O)N(CC(=O)Nc2ccc(CC#N)cc2)C1=O. The zero-order chi connectivity index (χ0) is 17.7. The van der Waals surface area contributed by atoms with Gasteiger partial charge in [-0.15, -0.1) is 0 Å². The molecule has 2 rings (SSSR count). The third-order valence-corrected chi connectivity index (χ3v) is 3.40. The number of carbonyl (C=O) groups is 4. The van der Waals surface area contributed by atoms with E-state index in [0.717, 1.165) is 10.5 Å². The molecule has 0 aliphatic carbocycles. The molecule has 0 unspecified atom stereocenters. The molecule has 0 spiro atoms. The van der Waals surface area contributed by atoms with Crippen molar-refractivity contribution >= 4 is 29.4 Å². The van der Waals surface area contributed by atoms with Gasteiger partial charge in [0, 0.05) is 12.2 Å². The fourth-order valence-electron chi connectivity index (χ4n) is 2.25. The van der Waals surface area contributed by atoms with Crippen LogP contribution in [0.25, 0.3) is 0 Å². The molecular formula is C16H16N4O4. The molecule has 1 heterocycles. The summed E-state index contributed by atoms with van der Waals surface area (Å²) in [6.07, 6.45) is 0.792. The van der Waals surface area contributed by atoms with E-state index in [0.29, 0.717) is 17.0 Å². The quantitative estimate of drug-likeness (QED) is 0.616. The highest BCUT2D eigenvalue weighted by atomic mass is 16.2. The number of imide groups is 2. The lowest BCUT2D eigenvalue weighted by Crippen LogP contribution is -2.39. The van der Waals surface area contributed by atoms with Crippen molar-refractivity contribution in [1.29, 1.82) is 5.26 Å². The molecule has 0 bridgehead atoms. The average molecular weight is 328 g/mol. The molecule has 1 aliphatic heterocycles. The van der Waals surface area contributed by atoms with Gasteiger partial charge in [0.2, 0.25) is 5.91 Å². The Morgan fingerprint density at radius 2 is 1.75 bits per heavy atom. The van der Waals surface area contributed by atoms with E-state index in [-0.39, 0.29) is 13.0 Å². The Morgan fingerprint density at radius 1 is 1.12 bits per heavy atom. The molecule has 5 amide bonds. The maximum absolute atomic E-state index is 12.0. The van der Waals surface area contributed by atoms with Gasteiger partial charge in [0.15, 0.2) is 0 Å². The predicted molar refractivity (Wildman–Crippen MR) is 83.5 cm³/mol. The summed E-state index contributed by atoms with van der Waals surface area (Å²) in [6, 6.07) is 7.86. The zero-order valence-corrected chi connectivity index (χ0v) is 13.1. The number of nitrogens with one attached hydrogen (secondary N) is 1. The van der Waals surface area contributed by atoms with Gasteiger partial charge in [-0.1, -0.05) is 19.1 Å². The van der Waals surface area contributed by atoms with Crippen LogP contribution in [0.3, 0.4) is 0 Å². The summed E-state index contributed by atoms with van der Waals surface area (Å²) in [5.41, 5.74) is 1.28. The Hall–Kier alpha value is -3.21. The largest absolute Gasteiger partial charge is 0.334 e. The second-order valence-electron chi connectivity index (χ2n) is 5.21. The van der Waals surface area contributed by atoms with Crippen molar-refractivity contribution < 1.29 is 19.2 Å². The molecule has 0 radical (unpaired) electrons. The maximum atomic E-state index is 12.0. The standard InChI is InChI=1S/C16H16N4O4/c1-2-9-19-14(22)15(23)20(16(19)24)10-13(21)18-12-5-3-11(4-6-12)7-8-17/h3-6H,2,7,9-10H2,1H3,(H,18,21). The summed E-state index contributed by atoms with van der Waals surface area (Å²) in [6.45, 7) is 1.39. The van der Waals surface area contributed by atoms with Crippen LogP contribution in [0.15, 0.2) is 24.3 Å². The second kappa shape index (κ2) is 7.37. The van der Waals surface area contributed by atoms with Crippen molar-refractivity contribution in [3.05, 3.63) is 29.8 Å². The van der Waals surface area contributed by atoms with E-state index in [9.17, 15) is 19.2 Å². The molecule has 1 aliphatic rings. The number of carbonyl (C=O) groups excluding carboxylic acids is 4. The number of benzene rings is 1. The topological polar surface area (TPSA) is 111 Å². The van der Waals surface area contributed by atoms with Crippen LogP contribution in [0.2, 0.25) is 0 Å². The van der Waals surface area contributed by atoms with E-state index in [2.05, 4.69) is 5.32 Å². The fourth-order valence-corrected chi connectivity index (χ4v) is 2.25. The second-order valence-corrected chi connectivity index (χ2v) is 5.21. The van der Waals surface area contributed by atoms with Gasteiger partial charge >= 0.3 is 17.8 Å². The molecular weight excluding hydrogens is 312 g/mol. The number of nitrogens with zero attached hydrogens (tertiary/aromatic N) is 3. The maximum Gasteiger partial charge on any atom is 0.334 e. The first-order chi connectivity index (χ1) is 11.5. The van der Waals surface area contributed by atoms with Gasteiger partial charge in [0.1, 0.15) is 6.54 Å². The molecule has 1 N–H and O–H groups in total. The van der Waals surface area contributed by atoms with Crippen LogP contribution in [-0.2, 0) is 20.8 Å². The van der Waals surface area contributed by atoms with Crippen molar-refractivity contribution in [3.8, 4) is 6.07 Å². The van der Waals surface area contributed by atoms with Crippen LogP contribution in [0, 0.1) is 11.3 Å². The Bertz CT molecular complexity index is 721. The molecule has 24 heavy (non-hydrogen) atoms. The predicted octanol–water partition coefficient (Wildman–Crippen LogP) is 0.892. The number of nitriles is 1. The Balaban J connectivity index is 1.99. The first-order valence-corrected chi connectivity index (χ1v) is 7.41. The number of anilines is 1. The van der Waals surface area contributed by atoms with E-state index in [4.69, 9.17) is 5.26 Å². The van der Waals surface area contributed by atoms with Gasteiger partial charge in [-0.05, 0) is 24.1 Å². The number of urea groups is 1. The lowest BCUT2D eigenvalue weighted by atomic mass is 10.1. The molecule has 1 aromatic rings. The number of hydrogen-bond donors (Lipinski definition) is 1. The van der Waals surface area contributed by atoms with Crippen molar-refractivity contribution in [2.24, 2.45) is 0 Å². The monoisotopic (exact) mass is 328 g/mol. The smallest absolute Gasteiger partial charge is 0.325 e. The molecule has 1 saturated heterocycles. The summed E-state index contributed by atoms with van der Waals surface area (Å²) in [5, 5.41) is 11.1. The number of rotatable bonds is 6. The Kier molecular flexibility index (Phi) is 5.27. The third kappa shape index (κ3) is 3.57. The molecule has 124 valence electrons. The van der Waals surface area contributed by atoms with Crippen molar-refractivity contribution in [2.45, 2.75) is 19.8 Å². The summed E-state index contributed by atoms with van der Waals surface area (Å²) in [5.74, 6) is -2.49. The van der Waals surface area contributed by atoms with Crippen molar-refractivity contribution in [2.75, 3.05) is 18.4 Å². The van der Waals surface area contributed by atoms with Gasteiger partial charge in [-0.3, -0.25) is 19.3 Å². The molecule has 1 fully saturated rings. The van der Waals surface area contributed by atoms with Crippen LogP contribution in [0.5, 0.6) is 0 Å². The van der Waals surface area contributed by atoms with E-state index in [1.54, 1.807) is 31.2 Å². The van der Waals surface area contributed by atoms with Crippen molar-refractivity contribution in [3.63, 3.8) is 0 Å². The fraction of sp³-hybridized carbons (Fsp3) is 0.312. The molecule has 0 saturated carbocycles. The highest BCUT2D eigenvalue weighted by molar-refractivity contribution is 6.45. The Labute approximate surface area is 138 Å². The minimum Gasteiger partial charge on any atom is -0.325 e. The molecule has 8 nitrogen and oxygen atoms in total. The Morgan fingerprint density at radius 3 is 2.33 bits per heavy atom. The van der Waals surface area contributed by atoms with Gasteiger partial charge in [-0.2, -0.15) is 5.26 Å². The number of hydrogen-bond acceptors (Lipinski definition) is 5. The lowest BCUT2D eigenvalue weighted by Gasteiger charge is -2.14. The van der Waals surface area contributed by atoms with E-state index in [1.165, 1.54) is 0 Å². The lowest BCUT2D eigenvalue weighted by molar-refractivity contribution is -0.143. The minimum absolute atomic E-state index is 0.141. The molecule has 8 heteroatoms. The van der Waals surface area contributed by atoms with Gasteiger partial charge in [-0.25, -0.2) is 9.69 Å². The molecule has 0 aromatic heterocycles. The minimum atomic E-state index is -0.993. The van der Waals surface area contributed by atoms with E-state index >= 15 is 0 Å². The summed E-state index contributed by atoms with van der Waals surface area (Å²) in [4.78, 5) is 49.0. The van der Waals surface area contributed by atoms with Crippen LogP contribution in [0.4, 0.5) is 10.5 Å².